The average Bonchev–Trinajstić information content (AvgIpc) is 3.99. The number of para-hydroxylation sites is 2. The van der Waals surface area contributed by atoms with E-state index in [0.29, 0.717) is 0 Å². The molecule has 0 radical (unpaired) electrons. The highest BCUT2D eigenvalue weighted by molar-refractivity contribution is 6.28. The van der Waals surface area contributed by atoms with Crippen LogP contribution in [-0.4, -0.2) is 9.13 Å². The predicted octanol–water partition coefficient (Wildman–Crippen LogP) is 14.2. The summed E-state index contributed by atoms with van der Waals surface area (Å²) < 4.78 is 11.9. The van der Waals surface area contributed by atoms with Crippen molar-refractivity contribution in [2.45, 2.75) is 0 Å². The quantitative estimate of drug-likeness (QED) is 0.180. The maximum Gasteiger partial charge on any atom is 0.160 e. The van der Waals surface area contributed by atoms with Crippen molar-refractivity contribution in [3.05, 3.63) is 182 Å². The minimum Gasteiger partial charge on any atom is -0.454 e. The average molecular weight is 699 g/mol. The van der Waals surface area contributed by atoms with Crippen LogP contribution in [0.3, 0.4) is 0 Å². The zero-order chi connectivity index (χ0) is 35.8. The Kier molecular flexibility index (Phi) is 5.63. The number of rotatable bonds is 3. The fourth-order valence-corrected chi connectivity index (χ4v) is 9.70. The molecule has 0 fully saturated rings. The molecule has 3 nitrogen and oxygen atoms in total. The molecule has 254 valence electrons. The molecule has 12 aromatic rings. The Morgan fingerprint density at radius 3 is 1.80 bits per heavy atom. The highest BCUT2D eigenvalue weighted by Gasteiger charge is 2.27. The first-order valence-electron chi connectivity index (χ1n) is 18.9. The van der Waals surface area contributed by atoms with Gasteiger partial charge in [0.25, 0.3) is 0 Å². The Bertz CT molecular complexity index is 3580. The molecule has 3 heteroatoms. The van der Waals surface area contributed by atoms with Crippen LogP contribution in [0.4, 0.5) is 0 Å². The lowest BCUT2D eigenvalue weighted by molar-refractivity contribution is 0.671. The molecule has 13 rings (SSSR count). The van der Waals surface area contributed by atoms with Crippen LogP contribution in [0.5, 0.6) is 0 Å². The third-order valence-electron chi connectivity index (χ3n) is 12.0. The topological polar surface area (TPSA) is 23.0 Å². The highest BCUT2D eigenvalue weighted by atomic mass is 16.3. The van der Waals surface area contributed by atoms with Crippen molar-refractivity contribution in [2.75, 3.05) is 0 Å². The summed E-state index contributed by atoms with van der Waals surface area (Å²) in [7, 11) is 0. The standard InChI is InChI=1S/C52H30N2O/c1-2-11-31(12-3-1)32-21-23-34(24-22-32)53-46-19-8-6-16-38(46)41-25-26-42-43-27-28-44-39-17-7-9-20-47(39)55-52(44)51(43)54(50(42)49(41)53)35-29-33-13-10-18-40-36-14-4-5-15-37(36)45(30-35)48(33)40/h1-30H. The Balaban J connectivity index is 1.22. The summed E-state index contributed by atoms with van der Waals surface area (Å²) in [5, 5.41) is 9.62. The molecule has 3 heterocycles. The van der Waals surface area contributed by atoms with Crippen molar-refractivity contribution in [3.63, 3.8) is 0 Å². The van der Waals surface area contributed by atoms with Crippen molar-refractivity contribution in [2.24, 2.45) is 0 Å². The zero-order valence-corrected chi connectivity index (χ0v) is 29.6. The van der Waals surface area contributed by atoms with Crippen LogP contribution in [0, 0.1) is 0 Å². The summed E-state index contributed by atoms with van der Waals surface area (Å²) in [6, 6.07) is 66.5. The second kappa shape index (κ2) is 10.6. The first-order chi connectivity index (χ1) is 27.3. The van der Waals surface area contributed by atoms with Gasteiger partial charge in [-0.3, -0.25) is 0 Å². The zero-order valence-electron chi connectivity index (χ0n) is 29.6. The fourth-order valence-electron chi connectivity index (χ4n) is 9.70. The molecular weight excluding hydrogens is 669 g/mol. The number of nitrogens with zero attached hydrogens (tertiary/aromatic N) is 2. The number of furan rings is 1. The Morgan fingerprint density at radius 2 is 0.964 bits per heavy atom. The molecule has 0 unspecified atom stereocenters. The van der Waals surface area contributed by atoms with Crippen molar-refractivity contribution in [1.82, 2.24) is 9.13 Å². The summed E-state index contributed by atoms with van der Waals surface area (Å²) in [6.07, 6.45) is 0. The van der Waals surface area contributed by atoms with Crippen molar-refractivity contribution >= 4 is 76.3 Å². The van der Waals surface area contributed by atoms with E-state index >= 15 is 0 Å². The van der Waals surface area contributed by atoms with Gasteiger partial charge in [-0.1, -0.05) is 140 Å². The Hall–Kier alpha value is -7.36. The van der Waals surface area contributed by atoms with E-state index in [-0.39, 0.29) is 0 Å². The van der Waals surface area contributed by atoms with Crippen LogP contribution in [0.1, 0.15) is 0 Å². The number of fused-ring (bicyclic) bond motifs is 14. The lowest BCUT2D eigenvalue weighted by Crippen LogP contribution is -1.99. The lowest BCUT2D eigenvalue weighted by Gasteiger charge is -2.15. The summed E-state index contributed by atoms with van der Waals surface area (Å²) in [5.74, 6) is 0. The number of benzene rings is 9. The Morgan fingerprint density at radius 1 is 0.345 bits per heavy atom. The minimum absolute atomic E-state index is 0.898. The molecule has 1 aliphatic rings. The van der Waals surface area contributed by atoms with E-state index in [1.807, 2.05) is 0 Å². The molecule has 3 aromatic heterocycles. The van der Waals surface area contributed by atoms with Crippen LogP contribution in [-0.2, 0) is 0 Å². The van der Waals surface area contributed by atoms with E-state index in [1.54, 1.807) is 0 Å². The van der Waals surface area contributed by atoms with Gasteiger partial charge in [-0.15, -0.1) is 0 Å². The normalized spacial score (nSPS) is 12.4. The van der Waals surface area contributed by atoms with Crippen LogP contribution in [0.2, 0.25) is 0 Å². The van der Waals surface area contributed by atoms with Gasteiger partial charge in [-0.05, 0) is 86.6 Å². The largest absolute Gasteiger partial charge is 0.454 e. The van der Waals surface area contributed by atoms with Crippen LogP contribution < -0.4 is 0 Å². The van der Waals surface area contributed by atoms with Crippen LogP contribution in [0.15, 0.2) is 186 Å². The first-order valence-corrected chi connectivity index (χ1v) is 18.9. The molecule has 0 amide bonds. The molecule has 0 N–H and O–H groups in total. The number of hydrogen-bond donors (Lipinski definition) is 0. The van der Waals surface area contributed by atoms with Crippen molar-refractivity contribution < 1.29 is 4.42 Å². The van der Waals surface area contributed by atoms with Gasteiger partial charge in [-0.2, -0.15) is 0 Å². The van der Waals surface area contributed by atoms with E-state index in [2.05, 4.69) is 191 Å². The van der Waals surface area contributed by atoms with Gasteiger partial charge < -0.3 is 13.6 Å². The molecule has 55 heavy (non-hydrogen) atoms. The minimum atomic E-state index is 0.898. The summed E-state index contributed by atoms with van der Waals surface area (Å²) in [4.78, 5) is 0. The maximum atomic E-state index is 6.88. The molecule has 0 bridgehead atoms. The van der Waals surface area contributed by atoms with Gasteiger partial charge >= 0.3 is 0 Å². The third kappa shape index (κ3) is 3.84. The summed E-state index contributed by atoms with van der Waals surface area (Å²) in [5.41, 5.74) is 16.2. The fraction of sp³-hybridized carbons (Fsp3) is 0. The van der Waals surface area contributed by atoms with Gasteiger partial charge in [0.1, 0.15) is 5.58 Å². The second-order valence-corrected chi connectivity index (χ2v) is 14.8. The summed E-state index contributed by atoms with van der Waals surface area (Å²) >= 11 is 0. The van der Waals surface area contributed by atoms with Gasteiger partial charge in [-0.25, -0.2) is 0 Å². The predicted molar refractivity (Wildman–Crippen MR) is 230 cm³/mol. The first kappa shape index (κ1) is 29.1. The maximum absolute atomic E-state index is 6.88. The third-order valence-corrected chi connectivity index (χ3v) is 12.0. The van der Waals surface area contributed by atoms with Gasteiger partial charge in [0.2, 0.25) is 0 Å². The molecule has 9 aromatic carbocycles. The van der Waals surface area contributed by atoms with E-state index in [9.17, 15) is 0 Å². The number of aromatic nitrogens is 2. The smallest absolute Gasteiger partial charge is 0.160 e. The molecule has 0 spiro atoms. The molecule has 1 aliphatic carbocycles. The van der Waals surface area contributed by atoms with Crippen LogP contribution >= 0.6 is 0 Å². The lowest BCUT2D eigenvalue weighted by atomic mass is 10.0. The van der Waals surface area contributed by atoms with Gasteiger partial charge in [0.15, 0.2) is 5.58 Å². The molecule has 0 atom stereocenters. The van der Waals surface area contributed by atoms with E-state index in [4.69, 9.17) is 4.42 Å². The second-order valence-electron chi connectivity index (χ2n) is 14.8. The number of hydrogen-bond acceptors (Lipinski definition) is 1. The highest BCUT2D eigenvalue weighted by Crippen LogP contribution is 2.50. The van der Waals surface area contributed by atoms with Gasteiger partial charge in [0, 0.05) is 43.7 Å². The summed E-state index contributed by atoms with van der Waals surface area (Å²) in [6.45, 7) is 0. The molecule has 0 saturated carbocycles. The SMILES string of the molecule is c1ccc(-c2ccc(-n3c4ccccc4c4ccc5c6ccc7c8ccccc8oc7c6n(-c6cc7c8c(cccc8c6)-c6ccccc6-7)c5c43)cc2)cc1. The Labute approximate surface area is 315 Å². The van der Waals surface area contributed by atoms with Gasteiger partial charge in [0.05, 0.1) is 22.1 Å². The van der Waals surface area contributed by atoms with Crippen molar-refractivity contribution in [1.29, 1.82) is 0 Å². The van der Waals surface area contributed by atoms with E-state index in [0.717, 1.165) is 44.3 Å². The molecule has 0 aliphatic heterocycles. The molecule has 0 saturated heterocycles. The van der Waals surface area contributed by atoms with Crippen LogP contribution in [0.25, 0.3) is 121 Å². The van der Waals surface area contributed by atoms with E-state index < -0.39 is 0 Å². The van der Waals surface area contributed by atoms with Crippen molar-refractivity contribution in [3.8, 4) is 44.8 Å². The van der Waals surface area contributed by atoms with E-state index in [1.165, 1.54) is 76.7 Å². The monoisotopic (exact) mass is 698 g/mol. The molecular formula is C52H30N2O.